The van der Waals surface area contributed by atoms with Crippen LogP contribution in [0.15, 0.2) is 18.5 Å². The van der Waals surface area contributed by atoms with Crippen LogP contribution in [0, 0.1) is 17.3 Å². The largest absolute Gasteiger partial charge is 0.337 e. The van der Waals surface area contributed by atoms with Crippen molar-refractivity contribution < 1.29 is 4.79 Å². The maximum atomic E-state index is 12.6. The zero-order valence-electron chi connectivity index (χ0n) is 12.5. The van der Waals surface area contributed by atoms with Crippen molar-refractivity contribution >= 4 is 11.7 Å². The Hall–Kier alpha value is -1.45. The third-order valence-electron chi connectivity index (χ3n) is 4.87. The molecule has 4 nitrogen and oxygen atoms in total. The lowest BCUT2D eigenvalue weighted by Crippen LogP contribution is -2.45. The quantitative estimate of drug-likeness (QED) is 0.831. The Bertz CT molecular complexity index is 500. The van der Waals surface area contributed by atoms with Gasteiger partial charge in [-0.1, -0.05) is 27.2 Å². The lowest BCUT2D eigenvalue weighted by molar-refractivity contribution is -0.129. The molecule has 1 saturated heterocycles. The molecule has 0 bridgehead atoms. The van der Waals surface area contributed by atoms with Gasteiger partial charge in [-0.3, -0.25) is 4.79 Å². The van der Waals surface area contributed by atoms with Crippen LogP contribution in [0.4, 0.5) is 5.95 Å². The van der Waals surface area contributed by atoms with Gasteiger partial charge in [0.25, 0.3) is 0 Å². The van der Waals surface area contributed by atoms with Crippen LogP contribution in [0.25, 0.3) is 0 Å². The third kappa shape index (κ3) is 2.21. The highest BCUT2D eigenvalue weighted by Crippen LogP contribution is 2.46. The number of Topliss-reactive ketones (excluding diaryl/α,β-unsaturated/α-hetero) is 1. The second kappa shape index (κ2) is 4.83. The number of anilines is 1. The Morgan fingerprint density at radius 2 is 2.05 bits per heavy atom. The van der Waals surface area contributed by atoms with Crippen molar-refractivity contribution in [3.63, 3.8) is 0 Å². The van der Waals surface area contributed by atoms with Crippen molar-refractivity contribution in [3.05, 3.63) is 18.5 Å². The molecule has 4 heteroatoms. The van der Waals surface area contributed by atoms with Crippen molar-refractivity contribution in [3.8, 4) is 0 Å². The molecular formula is C16H23N3O. The summed E-state index contributed by atoms with van der Waals surface area (Å²) in [6, 6.07) is 2.11. The van der Waals surface area contributed by atoms with Crippen molar-refractivity contribution in [1.82, 2.24) is 9.97 Å². The predicted octanol–water partition coefficient (Wildman–Crippen LogP) is 2.70. The van der Waals surface area contributed by atoms with E-state index in [1.54, 1.807) is 12.4 Å². The molecule has 108 valence electrons. The molecule has 2 aliphatic rings. The summed E-state index contributed by atoms with van der Waals surface area (Å²) in [5.41, 5.74) is 0.0912. The standard InChI is InChI=1S/C16H23N3O/c1-4-11-10-19(15-17-6-5-7-18-15)12-8-16(2,3)9-13(20)14(11)12/h5-7,11-12,14H,4,8-10H2,1-3H3. The Kier molecular flexibility index (Phi) is 3.27. The van der Waals surface area contributed by atoms with Gasteiger partial charge in [0.2, 0.25) is 5.95 Å². The van der Waals surface area contributed by atoms with Gasteiger partial charge in [-0.2, -0.15) is 0 Å². The number of ketones is 1. The summed E-state index contributed by atoms with van der Waals surface area (Å²) in [7, 11) is 0. The fraction of sp³-hybridized carbons (Fsp3) is 0.688. The summed E-state index contributed by atoms with van der Waals surface area (Å²) < 4.78 is 0. The van der Waals surface area contributed by atoms with E-state index in [9.17, 15) is 4.79 Å². The van der Waals surface area contributed by atoms with Crippen molar-refractivity contribution in [1.29, 1.82) is 0 Å². The molecule has 1 aliphatic carbocycles. The molecule has 0 aromatic carbocycles. The molecule has 3 rings (SSSR count). The van der Waals surface area contributed by atoms with Crippen LogP contribution < -0.4 is 4.90 Å². The molecule has 0 N–H and O–H groups in total. The van der Waals surface area contributed by atoms with Gasteiger partial charge in [0.1, 0.15) is 5.78 Å². The summed E-state index contributed by atoms with van der Waals surface area (Å²) in [6.07, 6.45) is 6.39. The van der Waals surface area contributed by atoms with Gasteiger partial charge in [0.05, 0.1) is 0 Å². The van der Waals surface area contributed by atoms with E-state index in [-0.39, 0.29) is 17.4 Å². The topological polar surface area (TPSA) is 46.1 Å². The lowest BCUT2D eigenvalue weighted by atomic mass is 9.67. The summed E-state index contributed by atoms with van der Waals surface area (Å²) >= 11 is 0. The molecule has 1 aromatic rings. The van der Waals surface area contributed by atoms with Gasteiger partial charge in [-0.15, -0.1) is 0 Å². The maximum Gasteiger partial charge on any atom is 0.225 e. The van der Waals surface area contributed by atoms with Crippen LogP contribution in [0.5, 0.6) is 0 Å². The number of fused-ring (bicyclic) bond motifs is 1. The SMILES string of the molecule is CCC1CN(c2ncccn2)C2CC(C)(C)CC(=O)C12. The van der Waals surface area contributed by atoms with Crippen molar-refractivity contribution in [2.45, 2.75) is 46.1 Å². The molecule has 20 heavy (non-hydrogen) atoms. The van der Waals surface area contributed by atoms with Crippen molar-refractivity contribution in [2.75, 3.05) is 11.4 Å². The van der Waals surface area contributed by atoms with E-state index in [1.165, 1.54) is 0 Å². The second-order valence-electron chi connectivity index (χ2n) is 6.97. The minimum absolute atomic E-state index is 0.0912. The molecular weight excluding hydrogens is 250 g/mol. The molecule has 1 aliphatic heterocycles. The molecule has 1 aromatic heterocycles. The predicted molar refractivity (Wildman–Crippen MR) is 78.5 cm³/mol. The fourth-order valence-corrected chi connectivity index (χ4v) is 4.00. The average molecular weight is 273 g/mol. The first-order valence-corrected chi connectivity index (χ1v) is 7.58. The summed E-state index contributed by atoms with van der Waals surface area (Å²) in [4.78, 5) is 23.6. The van der Waals surface area contributed by atoms with E-state index in [0.29, 0.717) is 18.1 Å². The molecule has 2 heterocycles. The van der Waals surface area contributed by atoms with Crippen LogP contribution in [0.1, 0.15) is 40.0 Å². The number of hydrogen-bond donors (Lipinski definition) is 0. The van der Waals surface area contributed by atoms with Crippen LogP contribution >= 0.6 is 0 Å². The molecule has 2 fully saturated rings. The highest BCUT2D eigenvalue weighted by atomic mass is 16.1. The Labute approximate surface area is 120 Å². The van der Waals surface area contributed by atoms with Gasteiger partial charge in [-0.25, -0.2) is 9.97 Å². The molecule has 1 saturated carbocycles. The Morgan fingerprint density at radius 1 is 1.35 bits per heavy atom. The Morgan fingerprint density at radius 3 is 2.70 bits per heavy atom. The van der Waals surface area contributed by atoms with Crippen LogP contribution in [-0.4, -0.2) is 28.3 Å². The minimum atomic E-state index is 0.0912. The van der Waals surface area contributed by atoms with Crippen LogP contribution in [0.2, 0.25) is 0 Å². The monoisotopic (exact) mass is 273 g/mol. The maximum absolute atomic E-state index is 12.6. The van der Waals surface area contributed by atoms with Crippen molar-refractivity contribution in [2.24, 2.45) is 17.3 Å². The normalized spacial score (nSPS) is 32.2. The van der Waals surface area contributed by atoms with Crippen LogP contribution in [-0.2, 0) is 4.79 Å². The van der Waals surface area contributed by atoms with Gasteiger partial charge in [0.15, 0.2) is 0 Å². The number of carbonyl (C=O) groups excluding carboxylic acids is 1. The highest BCUT2D eigenvalue weighted by Gasteiger charge is 2.51. The van der Waals surface area contributed by atoms with E-state index >= 15 is 0 Å². The fourth-order valence-electron chi connectivity index (χ4n) is 4.00. The number of aromatic nitrogens is 2. The summed E-state index contributed by atoms with van der Waals surface area (Å²) in [5.74, 6) is 1.85. The zero-order valence-corrected chi connectivity index (χ0v) is 12.5. The first-order chi connectivity index (χ1) is 9.52. The smallest absolute Gasteiger partial charge is 0.225 e. The number of rotatable bonds is 2. The van der Waals surface area contributed by atoms with E-state index in [1.807, 2.05) is 6.07 Å². The van der Waals surface area contributed by atoms with Crippen LogP contribution in [0.3, 0.4) is 0 Å². The second-order valence-corrected chi connectivity index (χ2v) is 6.97. The summed E-state index contributed by atoms with van der Waals surface area (Å²) in [6.45, 7) is 7.50. The molecule has 0 spiro atoms. The van der Waals surface area contributed by atoms with Gasteiger partial charge in [-0.05, 0) is 23.8 Å². The molecule has 3 atom stereocenters. The first kappa shape index (κ1) is 13.5. The van der Waals surface area contributed by atoms with E-state index in [4.69, 9.17) is 0 Å². The first-order valence-electron chi connectivity index (χ1n) is 7.58. The Balaban J connectivity index is 1.95. The number of nitrogens with zero attached hydrogens (tertiary/aromatic N) is 3. The van der Waals surface area contributed by atoms with Gasteiger partial charge >= 0.3 is 0 Å². The third-order valence-corrected chi connectivity index (χ3v) is 4.87. The minimum Gasteiger partial charge on any atom is -0.337 e. The number of carbonyl (C=O) groups is 1. The van der Waals surface area contributed by atoms with E-state index < -0.39 is 0 Å². The van der Waals surface area contributed by atoms with E-state index in [0.717, 1.165) is 25.3 Å². The average Bonchev–Trinajstić information content (AvgIpc) is 2.77. The summed E-state index contributed by atoms with van der Waals surface area (Å²) in [5, 5.41) is 0. The van der Waals surface area contributed by atoms with Gasteiger partial charge < -0.3 is 4.90 Å². The molecule has 0 amide bonds. The zero-order chi connectivity index (χ0) is 14.3. The van der Waals surface area contributed by atoms with E-state index in [2.05, 4.69) is 35.6 Å². The molecule has 0 radical (unpaired) electrons. The lowest BCUT2D eigenvalue weighted by Gasteiger charge is -2.40. The highest BCUT2D eigenvalue weighted by molar-refractivity contribution is 5.85. The molecule has 3 unspecified atom stereocenters. The number of hydrogen-bond acceptors (Lipinski definition) is 4. The van der Waals surface area contributed by atoms with Gasteiger partial charge in [0, 0.05) is 37.3 Å².